The van der Waals surface area contributed by atoms with E-state index < -0.39 is 11.7 Å². The van der Waals surface area contributed by atoms with Gasteiger partial charge in [0, 0.05) is 7.05 Å². The summed E-state index contributed by atoms with van der Waals surface area (Å²) in [4.78, 5) is 11.0. The van der Waals surface area contributed by atoms with E-state index in [9.17, 15) is 14.3 Å². The molecule has 70 valence electrons. The molecule has 0 radical (unpaired) electrons. The monoisotopic (exact) mass is 183 g/mol. The zero-order valence-corrected chi connectivity index (χ0v) is 7.39. The number of aromatic hydroxyl groups is 1. The topological polar surface area (TPSA) is 49.3 Å². The number of nitrogens with one attached hydrogen (secondary N) is 1. The number of carbonyl (C=O) groups is 1. The zero-order valence-electron chi connectivity index (χ0n) is 7.39. The number of phenolic OH excluding ortho intramolecular Hbond substituents is 1. The summed E-state index contributed by atoms with van der Waals surface area (Å²) in [6.07, 6.45) is 0. The van der Waals surface area contributed by atoms with Gasteiger partial charge in [-0.25, -0.2) is 4.39 Å². The number of benzene rings is 1. The molecule has 0 spiro atoms. The van der Waals surface area contributed by atoms with E-state index in [1.165, 1.54) is 7.05 Å². The number of amides is 1. The van der Waals surface area contributed by atoms with Crippen molar-refractivity contribution in [1.29, 1.82) is 0 Å². The van der Waals surface area contributed by atoms with Crippen LogP contribution in [0.5, 0.6) is 5.75 Å². The number of rotatable bonds is 1. The van der Waals surface area contributed by atoms with E-state index in [4.69, 9.17) is 0 Å². The van der Waals surface area contributed by atoms with E-state index in [2.05, 4.69) is 5.32 Å². The van der Waals surface area contributed by atoms with E-state index in [1.807, 2.05) is 0 Å². The molecular weight excluding hydrogens is 173 g/mol. The Morgan fingerprint density at radius 1 is 1.54 bits per heavy atom. The molecular formula is C9H10FNO2. The molecule has 0 fully saturated rings. The molecule has 3 nitrogen and oxygen atoms in total. The maximum Gasteiger partial charge on any atom is 0.254 e. The lowest BCUT2D eigenvalue weighted by Crippen LogP contribution is -2.19. The van der Waals surface area contributed by atoms with Crippen LogP contribution in [0.1, 0.15) is 15.9 Å². The van der Waals surface area contributed by atoms with Gasteiger partial charge in [-0.05, 0) is 24.6 Å². The van der Waals surface area contributed by atoms with Gasteiger partial charge in [0.15, 0.2) is 0 Å². The number of phenols is 1. The molecule has 0 aliphatic rings. The Morgan fingerprint density at radius 3 is 2.69 bits per heavy atom. The minimum absolute atomic E-state index is 0.0833. The summed E-state index contributed by atoms with van der Waals surface area (Å²) in [5.41, 5.74) is 0.260. The maximum atomic E-state index is 13.1. The van der Waals surface area contributed by atoms with Crippen LogP contribution in [0.4, 0.5) is 4.39 Å². The smallest absolute Gasteiger partial charge is 0.254 e. The van der Waals surface area contributed by atoms with Gasteiger partial charge in [-0.3, -0.25) is 4.79 Å². The first kappa shape index (κ1) is 9.51. The SMILES string of the molecule is CNC(=O)c1cc(O)c(C)cc1F. The molecule has 0 unspecified atom stereocenters. The van der Waals surface area contributed by atoms with Gasteiger partial charge in [0.1, 0.15) is 11.6 Å². The van der Waals surface area contributed by atoms with E-state index in [-0.39, 0.29) is 11.3 Å². The standard InChI is InChI=1S/C9H10FNO2/c1-5-3-7(10)6(4-8(5)12)9(13)11-2/h3-4,12H,1-2H3,(H,11,13). The van der Waals surface area contributed by atoms with Gasteiger partial charge in [-0.2, -0.15) is 0 Å². The first-order valence-corrected chi connectivity index (χ1v) is 3.77. The summed E-state index contributed by atoms with van der Waals surface area (Å²) in [6.45, 7) is 1.56. The normalized spacial score (nSPS) is 9.77. The largest absolute Gasteiger partial charge is 0.508 e. The van der Waals surface area contributed by atoms with Crippen LogP contribution in [0.25, 0.3) is 0 Å². The molecule has 13 heavy (non-hydrogen) atoms. The highest BCUT2D eigenvalue weighted by molar-refractivity contribution is 5.94. The summed E-state index contributed by atoms with van der Waals surface area (Å²) in [6, 6.07) is 2.24. The van der Waals surface area contributed by atoms with Gasteiger partial charge in [-0.15, -0.1) is 0 Å². The lowest BCUT2D eigenvalue weighted by molar-refractivity contribution is 0.0958. The predicted molar refractivity (Wildman–Crippen MR) is 46.2 cm³/mol. The van der Waals surface area contributed by atoms with Crippen molar-refractivity contribution >= 4 is 5.91 Å². The number of aryl methyl sites for hydroxylation is 1. The molecule has 0 aromatic heterocycles. The van der Waals surface area contributed by atoms with E-state index in [1.54, 1.807) is 6.92 Å². The van der Waals surface area contributed by atoms with Crippen molar-refractivity contribution in [1.82, 2.24) is 5.32 Å². The molecule has 0 saturated heterocycles. The number of hydrogen-bond donors (Lipinski definition) is 2. The third kappa shape index (κ3) is 1.77. The Morgan fingerprint density at radius 2 is 2.15 bits per heavy atom. The van der Waals surface area contributed by atoms with Gasteiger partial charge in [-0.1, -0.05) is 0 Å². The lowest BCUT2D eigenvalue weighted by Gasteiger charge is -2.04. The molecule has 1 aromatic rings. The molecule has 0 heterocycles. The van der Waals surface area contributed by atoms with Crippen molar-refractivity contribution < 1.29 is 14.3 Å². The molecule has 0 aliphatic carbocycles. The van der Waals surface area contributed by atoms with Crippen molar-refractivity contribution in [3.63, 3.8) is 0 Å². The van der Waals surface area contributed by atoms with Crippen LogP contribution in [-0.2, 0) is 0 Å². The summed E-state index contributed by atoms with van der Waals surface area (Å²) in [5.74, 6) is -1.26. The quantitative estimate of drug-likeness (QED) is 0.687. The molecule has 1 aromatic carbocycles. The fraction of sp³-hybridized carbons (Fsp3) is 0.222. The number of halogens is 1. The van der Waals surface area contributed by atoms with E-state index >= 15 is 0 Å². The van der Waals surface area contributed by atoms with E-state index in [0.29, 0.717) is 5.56 Å². The summed E-state index contributed by atoms with van der Waals surface area (Å²) < 4.78 is 13.1. The average Bonchev–Trinajstić information content (AvgIpc) is 2.10. The predicted octanol–water partition coefficient (Wildman–Crippen LogP) is 1.20. The van der Waals surface area contributed by atoms with Crippen LogP contribution in [0, 0.1) is 12.7 Å². The van der Waals surface area contributed by atoms with Crippen molar-refractivity contribution in [3.05, 3.63) is 29.1 Å². The van der Waals surface area contributed by atoms with Gasteiger partial charge < -0.3 is 10.4 Å². The second-order valence-electron chi connectivity index (χ2n) is 2.70. The van der Waals surface area contributed by atoms with Crippen LogP contribution in [-0.4, -0.2) is 18.1 Å². The molecule has 0 aliphatic heterocycles. The van der Waals surface area contributed by atoms with Crippen LogP contribution in [0.3, 0.4) is 0 Å². The first-order chi connectivity index (χ1) is 6.06. The highest BCUT2D eigenvalue weighted by Crippen LogP contribution is 2.20. The summed E-state index contributed by atoms with van der Waals surface area (Å²) in [7, 11) is 1.40. The van der Waals surface area contributed by atoms with Gasteiger partial charge >= 0.3 is 0 Å². The third-order valence-electron chi connectivity index (χ3n) is 1.76. The Labute approximate surface area is 75.2 Å². The highest BCUT2D eigenvalue weighted by atomic mass is 19.1. The van der Waals surface area contributed by atoms with Crippen molar-refractivity contribution in [2.75, 3.05) is 7.05 Å². The Kier molecular flexibility index (Phi) is 2.51. The third-order valence-corrected chi connectivity index (χ3v) is 1.76. The minimum Gasteiger partial charge on any atom is -0.508 e. The van der Waals surface area contributed by atoms with Crippen molar-refractivity contribution in [3.8, 4) is 5.75 Å². The maximum absolute atomic E-state index is 13.1. The van der Waals surface area contributed by atoms with Gasteiger partial charge in [0.05, 0.1) is 5.56 Å². The van der Waals surface area contributed by atoms with Crippen molar-refractivity contribution in [2.45, 2.75) is 6.92 Å². The molecule has 4 heteroatoms. The zero-order chi connectivity index (χ0) is 10.0. The Hall–Kier alpha value is -1.58. The molecule has 2 N–H and O–H groups in total. The Balaban J connectivity index is 3.23. The van der Waals surface area contributed by atoms with Crippen molar-refractivity contribution in [2.24, 2.45) is 0 Å². The molecule has 0 bridgehead atoms. The fourth-order valence-corrected chi connectivity index (χ4v) is 0.970. The molecule has 0 atom stereocenters. The van der Waals surface area contributed by atoms with Crippen LogP contribution >= 0.6 is 0 Å². The second kappa shape index (κ2) is 3.43. The molecule has 1 rings (SSSR count). The Bertz CT molecular complexity index is 350. The summed E-state index contributed by atoms with van der Waals surface area (Å²) in [5, 5.41) is 11.5. The fourth-order valence-electron chi connectivity index (χ4n) is 0.970. The van der Waals surface area contributed by atoms with Gasteiger partial charge in [0.25, 0.3) is 5.91 Å². The van der Waals surface area contributed by atoms with Crippen LogP contribution in [0.2, 0.25) is 0 Å². The molecule has 1 amide bonds. The summed E-state index contributed by atoms with van der Waals surface area (Å²) >= 11 is 0. The minimum atomic E-state index is -0.630. The number of carbonyl (C=O) groups excluding carboxylic acids is 1. The van der Waals surface area contributed by atoms with Gasteiger partial charge in [0.2, 0.25) is 0 Å². The first-order valence-electron chi connectivity index (χ1n) is 3.77. The molecule has 0 saturated carbocycles. The lowest BCUT2D eigenvalue weighted by atomic mass is 10.1. The average molecular weight is 183 g/mol. The second-order valence-corrected chi connectivity index (χ2v) is 2.70. The van der Waals surface area contributed by atoms with Crippen LogP contribution in [0.15, 0.2) is 12.1 Å². The van der Waals surface area contributed by atoms with E-state index in [0.717, 1.165) is 12.1 Å². The highest BCUT2D eigenvalue weighted by Gasteiger charge is 2.12. The number of hydrogen-bond acceptors (Lipinski definition) is 2. The van der Waals surface area contributed by atoms with Crippen LogP contribution < -0.4 is 5.32 Å².